The largest absolute Gasteiger partial charge is 0.481 e. The number of rotatable bonds is 3. The lowest BCUT2D eigenvalue weighted by molar-refractivity contribution is 0.223. The second-order valence-corrected chi connectivity index (χ2v) is 5.42. The average Bonchev–Trinajstić information content (AvgIpc) is 2.32. The van der Waals surface area contributed by atoms with Gasteiger partial charge in [0.2, 0.25) is 5.88 Å². The molecule has 0 amide bonds. The Hall–Kier alpha value is -0.610. The molecule has 2 heterocycles. The average molecular weight is 285 g/mol. The number of nitrogens with zero attached hydrogens (tertiary/aromatic N) is 2. The van der Waals surface area contributed by atoms with Crippen LogP contribution in [0.25, 0.3) is 0 Å². The third-order valence-electron chi connectivity index (χ3n) is 2.89. The van der Waals surface area contributed by atoms with E-state index >= 15 is 0 Å². The van der Waals surface area contributed by atoms with Gasteiger partial charge in [-0.05, 0) is 32.0 Å². The smallest absolute Gasteiger partial charge is 0.213 e. The molecule has 1 fully saturated rings. The highest BCUT2D eigenvalue weighted by Crippen LogP contribution is 2.19. The van der Waals surface area contributed by atoms with Gasteiger partial charge in [-0.15, -0.1) is 0 Å². The first-order valence-electron chi connectivity index (χ1n) is 5.64. The van der Waals surface area contributed by atoms with Crippen LogP contribution in [-0.4, -0.2) is 34.9 Å². The molecule has 0 spiro atoms. The summed E-state index contributed by atoms with van der Waals surface area (Å²) in [7, 11) is 1.66. The van der Waals surface area contributed by atoms with Crippen LogP contribution in [0.2, 0.25) is 0 Å². The van der Waals surface area contributed by atoms with E-state index in [-0.39, 0.29) is 0 Å². The van der Waals surface area contributed by atoms with Crippen LogP contribution in [0.15, 0.2) is 18.2 Å². The third kappa shape index (κ3) is 3.19. The molecular weight excluding hydrogens is 268 g/mol. The summed E-state index contributed by atoms with van der Waals surface area (Å²) in [5, 5.41) is 0. The number of hydrogen-bond acceptors (Lipinski definition) is 3. The van der Waals surface area contributed by atoms with Gasteiger partial charge in [-0.3, -0.25) is 4.90 Å². The Labute approximate surface area is 105 Å². The highest BCUT2D eigenvalue weighted by Gasteiger charge is 2.17. The Balaban J connectivity index is 1.93. The van der Waals surface area contributed by atoms with Crippen LogP contribution in [0.1, 0.15) is 18.5 Å². The van der Waals surface area contributed by atoms with Crippen LogP contribution >= 0.6 is 15.9 Å². The molecule has 88 valence electrons. The van der Waals surface area contributed by atoms with E-state index in [4.69, 9.17) is 4.74 Å². The van der Waals surface area contributed by atoms with Crippen molar-refractivity contribution in [3.8, 4) is 5.88 Å². The minimum absolute atomic E-state index is 0.696. The minimum Gasteiger partial charge on any atom is -0.481 e. The molecule has 0 atom stereocenters. The highest BCUT2D eigenvalue weighted by atomic mass is 79.9. The van der Waals surface area contributed by atoms with Gasteiger partial charge < -0.3 is 4.74 Å². The standard InChI is InChI=1S/C12H17BrN2O/c1-16-12-4-2-3-11(14-12)9-15-7-5-10(13)6-8-15/h2-4,10H,5-9H2,1H3. The van der Waals surface area contributed by atoms with E-state index < -0.39 is 0 Å². The molecular formula is C12H17BrN2O. The van der Waals surface area contributed by atoms with Gasteiger partial charge >= 0.3 is 0 Å². The monoisotopic (exact) mass is 284 g/mol. The number of hydrogen-bond donors (Lipinski definition) is 0. The Morgan fingerprint density at radius 2 is 2.19 bits per heavy atom. The van der Waals surface area contributed by atoms with Crippen LogP contribution in [0.4, 0.5) is 0 Å². The maximum Gasteiger partial charge on any atom is 0.213 e. The molecule has 0 bridgehead atoms. The topological polar surface area (TPSA) is 25.4 Å². The summed E-state index contributed by atoms with van der Waals surface area (Å²) < 4.78 is 5.12. The number of likely N-dealkylation sites (tertiary alicyclic amines) is 1. The normalized spacial score (nSPS) is 18.6. The number of halogens is 1. The third-order valence-corrected chi connectivity index (χ3v) is 3.81. The van der Waals surface area contributed by atoms with Crippen molar-refractivity contribution in [2.24, 2.45) is 0 Å². The lowest BCUT2D eigenvalue weighted by Crippen LogP contribution is -2.33. The SMILES string of the molecule is COc1cccc(CN2CCC(Br)CC2)n1. The molecule has 0 unspecified atom stereocenters. The predicted molar refractivity (Wildman–Crippen MR) is 68.0 cm³/mol. The molecule has 0 aliphatic carbocycles. The summed E-state index contributed by atoms with van der Waals surface area (Å²) in [6, 6.07) is 5.94. The maximum absolute atomic E-state index is 5.12. The van der Waals surface area contributed by atoms with Gasteiger partial charge in [0.15, 0.2) is 0 Å². The van der Waals surface area contributed by atoms with Gasteiger partial charge in [-0.1, -0.05) is 22.0 Å². The number of aromatic nitrogens is 1. The molecule has 0 radical (unpaired) electrons. The van der Waals surface area contributed by atoms with Gasteiger partial charge in [0, 0.05) is 17.4 Å². The van der Waals surface area contributed by atoms with Crippen molar-refractivity contribution in [1.82, 2.24) is 9.88 Å². The van der Waals surface area contributed by atoms with Crippen molar-refractivity contribution in [2.45, 2.75) is 24.2 Å². The summed E-state index contributed by atoms with van der Waals surface area (Å²) in [4.78, 5) is 7.57. The first-order valence-corrected chi connectivity index (χ1v) is 6.56. The second-order valence-electron chi connectivity index (χ2n) is 4.12. The molecule has 2 rings (SSSR count). The first-order chi connectivity index (χ1) is 7.78. The van der Waals surface area contributed by atoms with E-state index in [1.807, 2.05) is 12.1 Å². The zero-order valence-electron chi connectivity index (χ0n) is 9.53. The van der Waals surface area contributed by atoms with Crippen molar-refractivity contribution >= 4 is 15.9 Å². The summed E-state index contributed by atoms with van der Waals surface area (Å²) in [5.74, 6) is 0.702. The Morgan fingerprint density at radius 3 is 2.88 bits per heavy atom. The molecule has 0 aromatic carbocycles. The summed E-state index contributed by atoms with van der Waals surface area (Å²) in [6.07, 6.45) is 2.45. The van der Waals surface area contributed by atoms with Crippen molar-refractivity contribution in [2.75, 3.05) is 20.2 Å². The molecule has 1 aliphatic heterocycles. The van der Waals surface area contributed by atoms with Gasteiger partial charge in [0.1, 0.15) is 0 Å². The molecule has 4 heteroatoms. The fourth-order valence-electron chi connectivity index (χ4n) is 1.95. The lowest BCUT2D eigenvalue weighted by atomic mass is 10.1. The molecule has 1 aromatic rings. The van der Waals surface area contributed by atoms with Gasteiger partial charge in [0.25, 0.3) is 0 Å². The van der Waals surface area contributed by atoms with E-state index in [2.05, 4.69) is 31.9 Å². The van der Waals surface area contributed by atoms with Crippen LogP contribution in [0.5, 0.6) is 5.88 Å². The number of methoxy groups -OCH3 is 1. The van der Waals surface area contributed by atoms with Crippen molar-refractivity contribution in [1.29, 1.82) is 0 Å². The zero-order valence-corrected chi connectivity index (χ0v) is 11.1. The van der Waals surface area contributed by atoms with Crippen molar-refractivity contribution in [3.05, 3.63) is 23.9 Å². The Morgan fingerprint density at radius 1 is 1.44 bits per heavy atom. The molecule has 0 saturated carbocycles. The van der Waals surface area contributed by atoms with E-state index in [1.165, 1.54) is 12.8 Å². The second kappa shape index (κ2) is 5.64. The molecule has 1 aliphatic rings. The number of ether oxygens (including phenoxy) is 1. The first kappa shape index (κ1) is 11.9. The van der Waals surface area contributed by atoms with Gasteiger partial charge in [0.05, 0.1) is 12.8 Å². The van der Waals surface area contributed by atoms with E-state index in [0.29, 0.717) is 10.7 Å². The Bertz CT molecular complexity index is 338. The minimum atomic E-state index is 0.696. The molecule has 1 saturated heterocycles. The summed E-state index contributed by atoms with van der Waals surface area (Å²) in [5.41, 5.74) is 1.09. The summed E-state index contributed by atoms with van der Waals surface area (Å²) >= 11 is 3.66. The van der Waals surface area contributed by atoms with Crippen LogP contribution in [-0.2, 0) is 6.54 Å². The predicted octanol–water partition coefficient (Wildman–Crippen LogP) is 2.45. The maximum atomic E-state index is 5.12. The lowest BCUT2D eigenvalue weighted by Gasteiger charge is -2.28. The van der Waals surface area contributed by atoms with Crippen molar-refractivity contribution in [3.63, 3.8) is 0 Å². The van der Waals surface area contributed by atoms with Crippen LogP contribution in [0, 0.1) is 0 Å². The van der Waals surface area contributed by atoms with Gasteiger partial charge in [-0.2, -0.15) is 0 Å². The summed E-state index contributed by atoms with van der Waals surface area (Å²) in [6.45, 7) is 3.22. The highest BCUT2D eigenvalue weighted by molar-refractivity contribution is 9.09. The number of pyridine rings is 1. The number of piperidine rings is 1. The fraction of sp³-hybridized carbons (Fsp3) is 0.583. The molecule has 3 nitrogen and oxygen atoms in total. The fourth-order valence-corrected chi connectivity index (χ4v) is 2.36. The van der Waals surface area contributed by atoms with E-state index in [0.717, 1.165) is 25.3 Å². The van der Waals surface area contributed by atoms with E-state index in [9.17, 15) is 0 Å². The van der Waals surface area contributed by atoms with E-state index in [1.54, 1.807) is 7.11 Å². The zero-order chi connectivity index (χ0) is 11.4. The number of alkyl halides is 1. The molecule has 0 N–H and O–H groups in total. The van der Waals surface area contributed by atoms with Gasteiger partial charge in [-0.25, -0.2) is 4.98 Å². The molecule has 16 heavy (non-hydrogen) atoms. The van der Waals surface area contributed by atoms with Crippen LogP contribution < -0.4 is 4.74 Å². The molecule has 1 aromatic heterocycles. The quantitative estimate of drug-likeness (QED) is 0.798. The van der Waals surface area contributed by atoms with Crippen molar-refractivity contribution < 1.29 is 4.74 Å². The van der Waals surface area contributed by atoms with Crippen LogP contribution in [0.3, 0.4) is 0 Å². The Kier molecular flexibility index (Phi) is 4.18.